The predicted molar refractivity (Wildman–Crippen MR) is 60.8 cm³/mol. The van der Waals surface area contributed by atoms with E-state index in [9.17, 15) is 13.2 Å². The van der Waals surface area contributed by atoms with Crippen LogP contribution in [0.5, 0.6) is 0 Å². The molecule has 0 aromatic carbocycles. The molecule has 0 unspecified atom stereocenters. The lowest BCUT2D eigenvalue weighted by molar-refractivity contribution is -0.137. The maximum atomic E-state index is 12.3. The molecule has 1 aromatic heterocycles. The van der Waals surface area contributed by atoms with Gasteiger partial charge in [-0.15, -0.1) is 0 Å². The van der Waals surface area contributed by atoms with Crippen molar-refractivity contribution in [1.82, 2.24) is 4.98 Å². The number of halogens is 5. The van der Waals surface area contributed by atoms with Gasteiger partial charge in [-0.25, -0.2) is 4.98 Å². The molecule has 0 spiro atoms. The average Bonchev–Trinajstić information content (AvgIpc) is 2.14. The lowest BCUT2D eigenvalue weighted by Gasteiger charge is -2.10. The zero-order valence-electron chi connectivity index (χ0n) is 7.91. The second kappa shape index (κ2) is 5.05. The number of nitrogens with one attached hydrogen (secondary N) is 1. The summed E-state index contributed by atoms with van der Waals surface area (Å²) in [4.78, 5) is 3.59. The van der Waals surface area contributed by atoms with Gasteiger partial charge in [0.05, 0.1) is 10.6 Å². The fraction of sp³-hybridized carbons (Fsp3) is 0.222. The van der Waals surface area contributed by atoms with Crippen LogP contribution in [0.1, 0.15) is 5.56 Å². The number of hydrogen-bond acceptors (Lipinski definition) is 2. The van der Waals surface area contributed by atoms with E-state index in [1.807, 2.05) is 0 Å². The van der Waals surface area contributed by atoms with Crippen LogP contribution in [0.2, 0.25) is 5.02 Å². The first kappa shape index (κ1) is 13.3. The highest BCUT2D eigenvalue weighted by molar-refractivity contribution is 9.11. The highest BCUT2D eigenvalue weighted by atomic mass is 79.9. The molecule has 0 fully saturated rings. The predicted octanol–water partition coefficient (Wildman–Crippen LogP) is 4.07. The molecule has 1 aromatic rings. The molecule has 0 radical (unpaired) electrons. The van der Waals surface area contributed by atoms with E-state index in [4.69, 9.17) is 11.6 Å². The summed E-state index contributed by atoms with van der Waals surface area (Å²) in [5.74, 6) is 0.190. The molecular formula is C9H7BrClF3N2. The van der Waals surface area contributed by atoms with Crippen LogP contribution < -0.4 is 5.32 Å². The van der Waals surface area contributed by atoms with Crippen LogP contribution in [0.4, 0.5) is 19.0 Å². The number of nitrogens with zero attached hydrogens (tertiary/aromatic N) is 1. The minimum atomic E-state index is -4.44. The van der Waals surface area contributed by atoms with Gasteiger partial charge < -0.3 is 5.32 Å². The van der Waals surface area contributed by atoms with Crippen molar-refractivity contribution >= 4 is 33.3 Å². The second-order valence-corrected chi connectivity index (χ2v) is 4.45. The van der Waals surface area contributed by atoms with E-state index in [1.54, 1.807) is 0 Å². The summed E-state index contributed by atoms with van der Waals surface area (Å²) in [6.07, 6.45) is -3.71. The van der Waals surface area contributed by atoms with E-state index >= 15 is 0 Å². The average molecular weight is 316 g/mol. The third-order valence-electron chi connectivity index (χ3n) is 1.62. The number of hydrogen-bond donors (Lipinski definition) is 1. The molecule has 1 heterocycles. The van der Waals surface area contributed by atoms with Crippen LogP contribution in [0.3, 0.4) is 0 Å². The molecule has 0 saturated carbocycles. The molecule has 88 valence electrons. The molecule has 1 rings (SSSR count). The van der Waals surface area contributed by atoms with Crippen LogP contribution in [-0.4, -0.2) is 11.5 Å². The van der Waals surface area contributed by atoms with Crippen molar-refractivity contribution in [2.45, 2.75) is 6.18 Å². The third-order valence-corrected chi connectivity index (χ3v) is 2.18. The first-order valence-electron chi connectivity index (χ1n) is 4.10. The molecule has 1 N–H and O–H groups in total. The first-order chi connectivity index (χ1) is 7.30. The van der Waals surface area contributed by atoms with Gasteiger partial charge in [0.2, 0.25) is 0 Å². The SMILES string of the molecule is C=C(Br)CNc1ncc(C(F)(F)F)cc1Cl. The quantitative estimate of drug-likeness (QED) is 0.909. The molecule has 0 saturated heterocycles. The normalized spacial score (nSPS) is 11.3. The number of anilines is 1. The molecular weight excluding hydrogens is 308 g/mol. The number of rotatable bonds is 3. The van der Waals surface area contributed by atoms with Gasteiger partial charge in [0, 0.05) is 17.2 Å². The van der Waals surface area contributed by atoms with Crippen molar-refractivity contribution in [3.63, 3.8) is 0 Å². The molecule has 0 aliphatic heterocycles. The summed E-state index contributed by atoms with van der Waals surface area (Å²) >= 11 is 8.74. The van der Waals surface area contributed by atoms with Crippen molar-refractivity contribution in [1.29, 1.82) is 0 Å². The minimum Gasteiger partial charge on any atom is -0.364 e. The largest absolute Gasteiger partial charge is 0.417 e. The lowest BCUT2D eigenvalue weighted by atomic mass is 10.3. The highest BCUT2D eigenvalue weighted by Gasteiger charge is 2.31. The number of alkyl halides is 3. The van der Waals surface area contributed by atoms with E-state index < -0.39 is 11.7 Å². The summed E-state index contributed by atoms with van der Waals surface area (Å²) in [7, 11) is 0. The summed E-state index contributed by atoms with van der Waals surface area (Å²) in [6.45, 7) is 3.89. The van der Waals surface area contributed by atoms with Gasteiger partial charge in [0.25, 0.3) is 0 Å². The fourth-order valence-electron chi connectivity index (χ4n) is 0.903. The molecule has 2 nitrogen and oxygen atoms in total. The van der Waals surface area contributed by atoms with Crippen molar-refractivity contribution < 1.29 is 13.2 Å². The smallest absolute Gasteiger partial charge is 0.364 e. The van der Waals surface area contributed by atoms with E-state index in [0.29, 0.717) is 11.0 Å². The zero-order valence-corrected chi connectivity index (χ0v) is 10.2. The Morgan fingerprint density at radius 1 is 1.56 bits per heavy atom. The zero-order chi connectivity index (χ0) is 12.3. The van der Waals surface area contributed by atoms with Gasteiger partial charge in [-0.05, 0) is 6.07 Å². The van der Waals surface area contributed by atoms with Gasteiger partial charge >= 0.3 is 6.18 Å². The van der Waals surface area contributed by atoms with Crippen LogP contribution in [0, 0.1) is 0 Å². The Morgan fingerprint density at radius 2 is 2.19 bits per heavy atom. The minimum absolute atomic E-state index is 0.0800. The van der Waals surface area contributed by atoms with E-state index in [2.05, 4.69) is 32.8 Å². The standard InChI is InChI=1S/C9H7BrClF3N2/c1-5(10)3-15-8-7(11)2-6(4-16-8)9(12,13)14/h2,4H,1,3H2,(H,15,16). The Kier molecular flexibility index (Phi) is 4.21. The maximum absolute atomic E-state index is 12.3. The Bertz CT molecular complexity index is 406. The summed E-state index contributed by atoms with van der Waals surface area (Å²) in [6, 6.07) is 0.827. The lowest BCUT2D eigenvalue weighted by Crippen LogP contribution is -2.08. The summed E-state index contributed by atoms with van der Waals surface area (Å²) in [5.41, 5.74) is -0.874. The Hall–Kier alpha value is -0.750. The monoisotopic (exact) mass is 314 g/mol. The van der Waals surface area contributed by atoms with E-state index in [-0.39, 0.29) is 10.8 Å². The Labute approximate surface area is 104 Å². The van der Waals surface area contributed by atoms with Crippen LogP contribution in [0.25, 0.3) is 0 Å². The van der Waals surface area contributed by atoms with E-state index in [1.165, 1.54) is 0 Å². The summed E-state index contributed by atoms with van der Waals surface area (Å²) < 4.78 is 37.5. The second-order valence-electron chi connectivity index (χ2n) is 2.92. The molecule has 0 amide bonds. The van der Waals surface area contributed by atoms with Gasteiger partial charge in [-0.3, -0.25) is 0 Å². The van der Waals surface area contributed by atoms with Gasteiger partial charge in [0.15, 0.2) is 0 Å². The molecule has 0 aliphatic carbocycles. The number of aromatic nitrogens is 1. The van der Waals surface area contributed by atoms with Crippen LogP contribution in [-0.2, 0) is 6.18 Å². The number of pyridine rings is 1. The Morgan fingerprint density at radius 3 is 2.62 bits per heavy atom. The van der Waals surface area contributed by atoms with Crippen molar-refractivity contribution in [3.8, 4) is 0 Å². The third kappa shape index (κ3) is 3.68. The van der Waals surface area contributed by atoms with Gasteiger partial charge in [-0.1, -0.05) is 34.1 Å². The van der Waals surface area contributed by atoms with Crippen molar-refractivity contribution in [2.75, 3.05) is 11.9 Å². The van der Waals surface area contributed by atoms with Crippen LogP contribution >= 0.6 is 27.5 Å². The molecule has 7 heteroatoms. The molecule has 0 aliphatic rings. The van der Waals surface area contributed by atoms with E-state index in [0.717, 1.165) is 12.3 Å². The van der Waals surface area contributed by atoms with Crippen molar-refractivity contribution in [2.24, 2.45) is 0 Å². The van der Waals surface area contributed by atoms with Crippen molar-refractivity contribution in [3.05, 3.63) is 33.9 Å². The molecule has 0 atom stereocenters. The highest BCUT2D eigenvalue weighted by Crippen LogP contribution is 2.32. The molecule has 0 bridgehead atoms. The summed E-state index contributed by atoms with van der Waals surface area (Å²) in [5, 5.41) is 2.65. The fourth-order valence-corrected chi connectivity index (χ4v) is 1.28. The van der Waals surface area contributed by atoms with Gasteiger partial charge in [0.1, 0.15) is 5.82 Å². The van der Waals surface area contributed by atoms with Crippen LogP contribution in [0.15, 0.2) is 23.3 Å². The maximum Gasteiger partial charge on any atom is 0.417 e. The molecule has 16 heavy (non-hydrogen) atoms. The Balaban J connectivity index is 2.88. The first-order valence-corrected chi connectivity index (χ1v) is 5.27. The topological polar surface area (TPSA) is 24.9 Å². The van der Waals surface area contributed by atoms with Gasteiger partial charge in [-0.2, -0.15) is 13.2 Å².